The minimum atomic E-state index is -1.01. The monoisotopic (exact) mass is 414 g/mol. The Kier molecular flexibility index (Phi) is 20.1. The van der Waals surface area contributed by atoms with Gasteiger partial charge < -0.3 is 0 Å². The summed E-state index contributed by atoms with van der Waals surface area (Å²) in [5.41, 5.74) is 6.04. The van der Waals surface area contributed by atoms with Crippen molar-refractivity contribution in [3.63, 3.8) is 0 Å². The van der Waals surface area contributed by atoms with Gasteiger partial charge in [-0.1, -0.05) is 17.9 Å². The normalized spacial score (nSPS) is 11.1. The second kappa shape index (κ2) is 20.1. The number of nitrogens with one attached hydrogen (secondary N) is 1. The van der Waals surface area contributed by atoms with Gasteiger partial charge in [0, 0.05) is 40.3 Å². The van der Waals surface area contributed by atoms with E-state index in [4.69, 9.17) is 5.53 Å². The van der Waals surface area contributed by atoms with Gasteiger partial charge in [0.15, 0.2) is 0 Å². The van der Waals surface area contributed by atoms with E-state index >= 15 is 0 Å². The van der Waals surface area contributed by atoms with Crippen molar-refractivity contribution in [3.8, 4) is 0 Å². The first-order valence-electron chi connectivity index (χ1n) is 3.94. The molecule has 0 aromatic carbocycles. The number of hydrogen-bond acceptors (Lipinski definition) is 20. The van der Waals surface area contributed by atoms with Gasteiger partial charge >= 0.3 is 0 Å². The summed E-state index contributed by atoms with van der Waals surface area (Å²) in [5.74, 6) is 0. The molecule has 0 amide bonds. The largest absolute Gasteiger partial charge is 0.174 e. The van der Waals surface area contributed by atoms with E-state index in [9.17, 15) is 0 Å². The maximum atomic E-state index is 6.04. The van der Waals surface area contributed by atoms with Crippen LogP contribution in [0.5, 0.6) is 0 Å². The summed E-state index contributed by atoms with van der Waals surface area (Å²) in [6.45, 7) is 0. The molecule has 0 saturated heterocycles. The summed E-state index contributed by atoms with van der Waals surface area (Å²) in [6, 6.07) is 0. The predicted molar refractivity (Wildman–Crippen MR) is 51.0 cm³/mol. The van der Waals surface area contributed by atoms with Crippen molar-refractivity contribution in [1.29, 1.82) is 5.53 Å². The highest BCUT2D eigenvalue weighted by atomic mass is 32.4. The summed E-state index contributed by atoms with van der Waals surface area (Å²) in [5, 5.41) is 59.4. The van der Waals surface area contributed by atoms with Crippen LogP contribution in [0, 0.1) is 5.53 Å². The Morgan fingerprint density at radius 1 is 0.522 bits per heavy atom. The molecular formula is H5N2O18P3. The molecule has 0 spiro atoms. The van der Waals surface area contributed by atoms with Crippen LogP contribution in [-0.4, -0.2) is 0 Å². The van der Waals surface area contributed by atoms with Crippen LogP contribution in [-0.2, 0) is 90.3 Å². The Morgan fingerprint density at radius 2 is 0.826 bits per heavy atom. The van der Waals surface area contributed by atoms with Crippen molar-refractivity contribution in [2.75, 3.05) is 0 Å². The lowest BCUT2D eigenvalue weighted by Crippen LogP contribution is -2.04. The molecule has 0 fully saturated rings. The topological polar surface area (TPSA) is 202 Å². The number of hydrogen-bond donors (Lipinski definition) is 1. The van der Waals surface area contributed by atoms with Gasteiger partial charge in [0.2, 0.25) is 0 Å². The highest BCUT2D eigenvalue weighted by Crippen LogP contribution is 2.53. The van der Waals surface area contributed by atoms with Crippen molar-refractivity contribution >= 4 is 25.4 Å². The van der Waals surface area contributed by atoms with Crippen molar-refractivity contribution in [3.05, 3.63) is 0 Å². The first-order valence-corrected chi connectivity index (χ1v) is 8.43. The molecular weight excluding hydrogens is 409 g/mol. The molecule has 0 aliphatic carbocycles. The van der Waals surface area contributed by atoms with Gasteiger partial charge in [-0.3, -0.25) is 0 Å². The van der Waals surface area contributed by atoms with E-state index in [-0.39, 0.29) is 0 Å². The number of rotatable bonds is 19. The molecule has 0 aromatic rings. The van der Waals surface area contributed by atoms with E-state index in [2.05, 4.69) is 113 Å². The molecule has 0 bridgehead atoms. The zero-order chi connectivity index (χ0) is 17.0. The molecule has 0 saturated carbocycles. The third kappa shape index (κ3) is 22.0. The first-order chi connectivity index (χ1) is 11.3. The van der Waals surface area contributed by atoms with Crippen LogP contribution in [0.1, 0.15) is 0 Å². The summed E-state index contributed by atoms with van der Waals surface area (Å²) < 4.78 is 4.36. The summed E-state index contributed by atoms with van der Waals surface area (Å²) >= 11 is 0. The minimum Gasteiger partial charge on any atom is -0.174 e. The molecule has 0 aliphatic heterocycles. The van der Waals surface area contributed by atoms with Crippen LogP contribution in [0.3, 0.4) is 0 Å². The van der Waals surface area contributed by atoms with Crippen molar-refractivity contribution in [2.24, 2.45) is 5.28 Å². The van der Waals surface area contributed by atoms with Gasteiger partial charge in [-0.25, -0.2) is 0 Å². The van der Waals surface area contributed by atoms with E-state index in [1.165, 1.54) is 0 Å². The molecule has 0 aliphatic rings. The summed E-state index contributed by atoms with van der Waals surface area (Å²) in [6.07, 6.45) is 0. The second-order valence-electron chi connectivity index (χ2n) is 1.69. The lowest BCUT2D eigenvalue weighted by Gasteiger charge is -2.01. The highest BCUT2D eigenvalue weighted by molar-refractivity contribution is 8.41. The van der Waals surface area contributed by atoms with E-state index in [0.29, 0.717) is 0 Å². The molecule has 138 valence electrons. The van der Waals surface area contributed by atoms with Gasteiger partial charge in [-0.15, -0.1) is 0 Å². The smallest absolute Gasteiger partial charge is 0.109 e. The van der Waals surface area contributed by atoms with Crippen molar-refractivity contribution in [2.45, 2.75) is 0 Å². The molecule has 0 radical (unpaired) electrons. The molecule has 0 rings (SSSR count). The molecule has 0 aromatic heterocycles. The minimum absolute atomic E-state index is 1.01. The summed E-state index contributed by atoms with van der Waals surface area (Å²) in [4.78, 5) is 3.47. The Balaban J connectivity index is 2.96. The number of nitrogens with zero attached hydrogens (tertiary/aromatic N) is 1. The molecule has 2 atom stereocenters. The Morgan fingerprint density at radius 3 is 1.13 bits per heavy atom. The van der Waals surface area contributed by atoms with E-state index in [1.54, 1.807) is 0 Å². The van der Waals surface area contributed by atoms with Gasteiger partial charge in [0.25, 0.3) is 0 Å². The molecule has 20 nitrogen and oxygen atoms in total. The van der Waals surface area contributed by atoms with Crippen LogP contribution in [0.25, 0.3) is 0 Å². The molecule has 0 heterocycles. The standard InChI is InChI=1S/H5N2O18P3/c1-2-3-4-5-6-7-8-9-10-11-12-13-14-15-16-17-18-19-20-23(21)22/h1H,21-22H2. The fourth-order valence-corrected chi connectivity index (χ4v) is 0.540. The third-order valence-corrected chi connectivity index (χ3v) is 1.35. The predicted octanol–water partition coefficient (Wildman–Crippen LogP) is 0.763. The average molecular weight is 414 g/mol. The third-order valence-electron chi connectivity index (χ3n) is 0.601. The maximum Gasteiger partial charge on any atom is 0.109 e. The summed E-state index contributed by atoms with van der Waals surface area (Å²) in [7, 11) is 3.47. The van der Waals surface area contributed by atoms with Crippen LogP contribution in [0.4, 0.5) is 0 Å². The Bertz CT molecular complexity index is 238. The molecule has 23 heteroatoms. The molecule has 23 heavy (non-hydrogen) atoms. The molecule has 2 unspecified atom stereocenters. The lowest BCUT2D eigenvalue weighted by atomic mass is 13.1. The second-order valence-corrected chi connectivity index (χ2v) is 7.40. The van der Waals surface area contributed by atoms with Crippen LogP contribution < -0.4 is 0 Å². The highest BCUT2D eigenvalue weighted by Gasteiger charge is 2.00. The van der Waals surface area contributed by atoms with Crippen molar-refractivity contribution < 1.29 is 90.3 Å². The maximum absolute atomic E-state index is 6.04. The zero-order valence-electron chi connectivity index (χ0n) is 9.90. The van der Waals surface area contributed by atoms with Crippen LogP contribution in [0.15, 0.2) is 5.28 Å². The van der Waals surface area contributed by atoms with E-state index < -0.39 is 7.53 Å². The van der Waals surface area contributed by atoms with Crippen molar-refractivity contribution in [1.82, 2.24) is 0 Å². The van der Waals surface area contributed by atoms with Gasteiger partial charge in [0.05, 0.1) is 5.28 Å². The average Bonchev–Trinajstić information content (AvgIpc) is 2.53. The zero-order valence-corrected chi connectivity index (χ0v) is 13.1. The van der Waals surface area contributed by atoms with Crippen LogP contribution in [0.2, 0.25) is 0 Å². The van der Waals surface area contributed by atoms with Gasteiger partial charge in [0.1, 0.15) is 7.53 Å². The molecule has 1 N–H and O–H groups in total. The fourth-order valence-electron chi connectivity index (χ4n) is 0.234. The fraction of sp³-hybridized carbons (Fsp3) is 0. The SMILES string of the molecule is N=NOOOOOOOOOOOOOOOOOOP(P)P. The van der Waals surface area contributed by atoms with Crippen LogP contribution >= 0.6 is 25.4 Å². The first kappa shape index (κ1) is 23.0. The Labute approximate surface area is 127 Å². The quantitative estimate of drug-likeness (QED) is 0.102. The van der Waals surface area contributed by atoms with E-state index in [1.807, 2.05) is 0 Å². The Hall–Kier alpha value is 0.01000. The van der Waals surface area contributed by atoms with Gasteiger partial charge in [-0.2, -0.15) is 15.2 Å². The van der Waals surface area contributed by atoms with Gasteiger partial charge in [-0.05, 0) is 40.3 Å². The van der Waals surface area contributed by atoms with E-state index in [0.717, 1.165) is 0 Å². The lowest BCUT2D eigenvalue weighted by molar-refractivity contribution is -0.888.